The number of carbonyl (C=O) groups excluding carboxylic acids is 1. The van der Waals surface area contributed by atoms with Crippen LogP contribution in [0.15, 0.2) is 18.2 Å². The maximum absolute atomic E-state index is 11.7. The number of hydrogen-bond acceptors (Lipinski definition) is 3. The summed E-state index contributed by atoms with van der Waals surface area (Å²) in [4.78, 5) is 11.7. The second-order valence-corrected chi connectivity index (χ2v) is 6.37. The normalized spacial score (nSPS) is 15.6. The van der Waals surface area contributed by atoms with E-state index in [1.807, 2.05) is 45.9 Å². The van der Waals surface area contributed by atoms with Crippen LogP contribution in [0.4, 0.5) is 0 Å². The molecular formula is C17H28N2O2. The lowest BCUT2D eigenvalue weighted by molar-refractivity contribution is -0.125. The first kappa shape index (κ1) is 17.5. The van der Waals surface area contributed by atoms with Crippen LogP contribution >= 0.6 is 0 Å². The summed E-state index contributed by atoms with van der Waals surface area (Å²) in [6.07, 6.45) is 0.406. The van der Waals surface area contributed by atoms with Crippen LogP contribution < -0.4 is 15.8 Å². The van der Waals surface area contributed by atoms with Gasteiger partial charge in [-0.15, -0.1) is 0 Å². The second-order valence-electron chi connectivity index (χ2n) is 6.37. The maximum atomic E-state index is 11.7. The van der Waals surface area contributed by atoms with Crippen molar-refractivity contribution in [3.05, 3.63) is 29.3 Å². The fourth-order valence-electron chi connectivity index (χ4n) is 2.50. The highest BCUT2D eigenvalue weighted by molar-refractivity contribution is 5.84. The van der Waals surface area contributed by atoms with Gasteiger partial charge in [0.15, 0.2) is 0 Å². The van der Waals surface area contributed by atoms with Crippen molar-refractivity contribution in [1.29, 1.82) is 0 Å². The van der Waals surface area contributed by atoms with Crippen molar-refractivity contribution in [3.8, 4) is 5.75 Å². The van der Waals surface area contributed by atoms with Gasteiger partial charge in [0.2, 0.25) is 5.91 Å². The number of aryl methyl sites for hydroxylation is 2. The average Bonchev–Trinajstić information content (AvgIpc) is 2.32. The van der Waals surface area contributed by atoms with Crippen LogP contribution in [0.3, 0.4) is 0 Å². The first-order valence-corrected chi connectivity index (χ1v) is 7.45. The molecule has 0 saturated heterocycles. The van der Waals surface area contributed by atoms with Crippen molar-refractivity contribution in [3.63, 3.8) is 0 Å². The van der Waals surface area contributed by atoms with Crippen LogP contribution in [-0.4, -0.2) is 23.6 Å². The van der Waals surface area contributed by atoms with Gasteiger partial charge in [-0.25, -0.2) is 0 Å². The van der Waals surface area contributed by atoms with Gasteiger partial charge in [0, 0.05) is 12.5 Å². The lowest BCUT2D eigenvalue weighted by Crippen LogP contribution is -2.57. The smallest absolute Gasteiger partial charge is 0.237 e. The fourth-order valence-corrected chi connectivity index (χ4v) is 2.50. The predicted molar refractivity (Wildman–Crippen MR) is 86.5 cm³/mol. The molecule has 0 radical (unpaired) electrons. The van der Waals surface area contributed by atoms with Gasteiger partial charge in [-0.1, -0.05) is 6.07 Å². The van der Waals surface area contributed by atoms with Crippen LogP contribution in [-0.2, 0) is 4.79 Å². The van der Waals surface area contributed by atoms with Gasteiger partial charge in [0.25, 0.3) is 0 Å². The summed E-state index contributed by atoms with van der Waals surface area (Å²) in [6.45, 7) is 11.9. The van der Waals surface area contributed by atoms with Crippen molar-refractivity contribution in [2.45, 2.75) is 65.6 Å². The Morgan fingerprint density at radius 2 is 1.90 bits per heavy atom. The number of nitrogens with one attached hydrogen (secondary N) is 1. The highest BCUT2D eigenvalue weighted by atomic mass is 16.5. The summed E-state index contributed by atoms with van der Waals surface area (Å²) in [6, 6.07) is 6.19. The standard InChI is InChI=1S/C17H28N2O2/c1-11(2)19-17(6,16(18)20)10-14(5)21-15-8-7-12(3)13(4)9-15/h7-9,11,14,19H,10H2,1-6H3,(H2,18,20). The van der Waals surface area contributed by atoms with Crippen molar-refractivity contribution < 1.29 is 9.53 Å². The van der Waals surface area contributed by atoms with E-state index in [9.17, 15) is 4.79 Å². The Morgan fingerprint density at radius 3 is 2.38 bits per heavy atom. The first-order valence-electron chi connectivity index (χ1n) is 7.45. The molecule has 0 spiro atoms. The Labute approximate surface area is 128 Å². The lowest BCUT2D eigenvalue weighted by Gasteiger charge is -2.32. The SMILES string of the molecule is Cc1ccc(OC(C)CC(C)(NC(C)C)C(N)=O)cc1C. The molecule has 0 aromatic heterocycles. The molecule has 21 heavy (non-hydrogen) atoms. The molecule has 4 heteroatoms. The Kier molecular flexibility index (Phi) is 5.78. The number of ether oxygens (including phenoxy) is 1. The Hall–Kier alpha value is -1.55. The summed E-state index contributed by atoms with van der Waals surface area (Å²) in [5.41, 5.74) is 7.20. The molecule has 0 fully saturated rings. The van der Waals surface area contributed by atoms with Crippen LogP contribution in [0.5, 0.6) is 5.75 Å². The zero-order valence-corrected chi connectivity index (χ0v) is 14.0. The monoisotopic (exact) mass is 292 g/mol. The van der Waals surface area contributed by atoms with Crippen LogP contribution in [0, 0.1) is 13.8 Å². The van der Waals surface area contributed by atoms with Gasteiger partial charge in [-0.05, 0) is 64.8 Å². The molecule has 1 amide bonds. The highest BCUT2D eigenvalue weighted by Gasteiger charge is 2.33. The Morgan fingerprint density at radius 1 is 1.29 bits per heavy atom. The molecule has 0 saturated carbocycles. The van der Waals surface area contributed by atoms with E-state index in [4.69, 9.17) is 10.5 Å². The fraction of sp³-hybridized carbons (Fsp3) is 0.588. The van der Waals surface area contributed by atoms with Crippen molar-refractivity contribution in [2.75, 3.05) is 0 Å². The molecule has 2 unspecified atom stereocenters. The number of nitrogens with two attached hydrogens (primary N) is 1. The van der Waals surface area contributed by atoms with Gasteiger partial charge in [0.05, 0.1) is 11.6 Å². The van der Waals surface area contributed by atoms with E-state index in [-0.39, 0.29) is 18.1 Å². The quantitative estimate of drug-likeness (QED) is 0.812. The Balaban J connectivity index is 2.76. The first-order chi connectivity index (χ1) is 9.64. The maximum Gasteiger partial charge on any atom is 0.237 e. The van der Waals surface area contributed by atoms with E-state index in [2.05, 4.69) is 19.2 Å². The minimum absolute atomic E-state index is 0.115. The summed E-state index contributed by atoms with van der Waals surface area (Å²) < 4.78 is 5.93. The molecule has 0 aliphatic carbocycles. The van der Waals surface area contributed by atoms with Crippen LogP contribution in [0.1, 0.15) is 45.2 Å². The largest absolute Gasteiger partial charge is 0.491 e. The van der Waals surface area contributed by atoms with Crippen molar-refractivity contribution >= 4 is 5.91 Å². The van der Waals surface area contributed by atoms with Gasteiger partial charge in [-0.3, -0.25) is 4.79 Å². The zero-order chi connectivity index (χ0) is 16.2. The molecular weight excluding hydrogens is 264 g/mol. The van der Waals surface area contributed by atoms with E-state index in [0.29, 0.717) is 6.42 Å². The minimum atomic E-state index is -0.771. The van der Waals surface area contributed by atoms with E-state index in [1.165, 1.54) is 11.1 Å². The molecule has 1 aromatic carbocycles. The van der Waals surface area contributed by atoms with E-state index in [1.54, 1.807) is 0 Å². The summed E-state index contributed by atoms with van der Waals surface area (Å²) in [5, 5.41) is 3.24. The van der Waals surface area contributed by atoms with Crippen LogP contribution in [0.2, 0.25) is 0 Å². The molecule has 0 aliphatic heterocycles. The third-order valence-corrected chi connectivity index (χ3v) is 3.66. The highest BCUT2D eigenvalue weighted by Crippen LogP contribution is 2.21. The number of rotatable bonds is 7. The lowest BCUT2D eigenvalue weighted by atomic mass is 9.93. The van der Waals surface area contributed by atoms with E-state index < -0.39 is 5.54 Å². The number of amides is 1. The van der Waals surface area contributed by atoms with Crippen molar-refractivity contribution in [2.24, 2.45) is 5.73 Å². The van der Waals surface area contributed by atoms with Crippen molar-refractivity contribution in [1.82, 2.24) is 5.32 Å². The number of benzene rings is 1. The number of primary amides is 1. The van der Waals surface area contributed by atoms with E-state index >= 15 is 0 Å². The molecule has 0 bridgehead atoms. The third kappa shape index (κ3) is 5.05. The molecule has 3 N–H and O–H groups in total. The predicted octanol–water partition coefficient (Wildman–Crippen LogP) is 2.70. The van der Waals surface area contributed by atoms with Crippen LogP contribution in [0.25, 0.3) is 0 Å². The summed E-state index contributed by atoms with van der Waals surface area (Å²) >= 11 is 0. The minimum Gasteiger partial charge on any atom is -0.491 e. The molecule has 1 rings (SSSR count). The average molecular weight is 292 g/mol. The Bertz CT molecular complexity index is 500. The molecule has 0 aliphatic rings. The van der Waals surface area contributed by atoms with Gasteiger partial charge in [-0.2, -0.15) is 0 Å². The number of hydrogen-bond donors (Lipinski definition) is 2. The topological polar surface area (TPSA) is 64.3 Å². The second kappa shape index (κ2) is 6.94. The van der Waals surface area contributed by atoms with E-state index in [0.717, 1.165) is 5.75 Å². The van der Waals surface area contributed by atoms with Gasteiger partial charge >= 0.3 is 0 Å². The van der Waals surface area contributed by atoms with Gasteiger partial charge < -0.3 is 15.8 Å². The molecule has 4 nitrogen and oxygen atoms in total. The zero-order valence-electron chi connectivity index (χ0n) is 14.0. The number of carbonyl (C=O) groups is 1. The molecule has 0 heterocycles. The summed E-state index contributed by atoms with van der Waals surface area (Å²) in [5.74, 6) is 0.466. The van der Waals surface area contributed by atoms with Gasteiger partial charge in [0.1, 0.15) is 5.75 Å². The molecule has 118 valence electrons. The molecule has 1 aromatic rings. The summed E-state index contributed by atoms with van der Waals surface area (Å²) in [7, 11) is 0. The third-order valence-electron chi connectivity index (χ3n) is 3.66. The molecule has 2 atom stereocenters.